The number of anilines is 1. The van der Waals surface area contributed by atoms with Crippen molar-refractivity contribution in [3.8, 4) is 5.75 Å². The second-order valence-corrected chi connectivity index (χ2v) is 3.95. The van der Waals surface area contributed by atoms with Crippen molar-refractivity contribution in [2.75, 3.05) is 18.5 Å². The fourth-order valence-electron chi connectivity index (χ4n) is 1.81. The zero-order valence-corrected chi connectivity index (χ0v) is 10.2. The quantitative estimate of drug-likeness (QED) is 0.649. The summed E-state index contributed by atoms with van der Waals surface area (Å²) >= 11 is 0. The second kappa shape index (κ2) is 5.53. The van der Waals surface area contributed by atoms with Gasteiger partial charge in [-0.05, 0) is 30.7 Å². The Morgan fingerprint density at radius 2 is 2.28 bits per heavy atom. The lowest BCUT2D eigenvalue weighted by Crippen LogP contribution is -2.18. The maximum Gasteiger partial charge on any atom is 0.315 e. The predicted octanol–water partition coefficient (Wildman–Crippen LogP) is 1.51. The minimum Gasteiger partial charge on any atom is -0.493 e. The Balaban J connectivity index is 1.93. The molecule has 1 aliphatic rings. The lowest BCUT2D eigenvalue weighted by molar-refractivity contribution is -0.145. The first-order valence-electron chi connectivity index (χ1n) is 5.90. The summed E-state index contributed by atoms with van der Waals surface area (Å²) in [5, 5.41) is 2.67. The molecule has 1 heterocycles. The van der Waals surface area contributed by atoms with Crippen LogP contribution in [-0.2, 0) is 20.7 Å². The third-order valence-electron chi connectivity index (χ3n) is 2.58. The molecule has 1 aliphatic heterocycles. The first kappa shape index (κ1) is 12.4. The first-order valence-corrected chi connectivity index (χ1v) is 5.90. The number of carbonyl (C=O) groups is 2. The number of carbonyl (C=O) groups excluding carboxylic acids is 2. The minimum atomic E-state index is -0.514. The number of benzene rings is 1. The minimum absolute atomic E-state index is 0.262. The lowest BCUT2D eigenvalue weighted by Gasteiger charge is -2.06. The smallest absolute Gasteiger partial charge is 0.315 e. The number of fused-ring (bicyclic) bond motifs is 1. The summed E-state index contributed by atoms with van der Waals surface area (Å²) < 4.78 is 10.1. The highest BCUT2D eigenvalue weighted by Crippen LogP contribution is 2.27. The molecule has 96 valence electrons. The summed E-state index contributed by atoms with van der Waals surface area (Å²) in [4.78, 5) is 22.7. The van der Waals surface area contributed by atoms with Crippen molar-refractivity contribution in [3.05, 3.63) is 23.8 Å². The highest BCUT2D eigenvalue weighted by atomic mass is 16.5. The highest BCUT2D eigenvalue weighted by molar-refractivity contribution is 6.01. The van der Waals surface area contributed by atoms with Crippen LogP contribution in [0.15, 0.2) is 18.2 Å². The van der Waals surface area contributed by atoms with Gasteiger partial charge in [0.1, 0.15) is 12.2 Å². The molecule has 1 N–H and O–H groups in total. The van der Waals surface area contributed by atoms with Gasteiger partial charge in [0.2, 0.25) is 5.91 Å². The van der Waals surface area contributed by atoms with Crippen LogP contribution in [0.4, 0.5) is 5.69 Å². The van der Waals surface area contributed by atoms with E-state index in [0.29, 0.717) is 12.3 Å². The van der Waals surface area contributed by atoms with Gasteiger partial charge in [-0.2, -0.15) is 0 Å². The third kappa shape index (κ3) is 3.00. The van der Waals surface area contributed by atoms with Crippen molar-refractivity contribution in [2.24, 2.45) is 0 Å². The van der Waals surface area contributed by atoms with E-state index in [-0.39, 0.29) is 18.9 Å². The van der Waals surface area contributed by atoms with Crippen LogP contribution < -0.4 is 10.1 Å². The van der Waals surface area contributed by atoms with E-state index in [0.717, 1.165) is 17.7 Å². The van der Waals surface area contributed by atoms with E-state index in [4.69, 9.17) is 9.47 Å². The fourth-order valence-corrected chi connectivity index (χ4v) is 1.81. The molecule has 1 aromatic carbocycles. The number of hydrogen-bond acceptors (Lipinski definition) is 4. The number of esters is 1. The van der Waals surface area contributed by atoms with Crippen LogP contribution in [0.1, 0.15) is 18.9 Å². The molecule has 5 nitrogen and oxygen atoms in total. The molecule has 1 aromatic rings. The van der Waals surface area contributed by atoms with E-state index >= 15 is 0 Å². The van der Waals surface area contributed by atoms with E-state index in [9.17, 15) is 9.59 Å². The van der Waals surface area contributed by atoms with Gasteiger partial charge in [0.25, 0.3) is 0 Å². The molecule has 0 saturated heterocycles. The summed E-state index contributed by atoms with van der Waals surface area (Å²) in [5.41, 5.74) is 1.75. The summed E-state index contributed by atoms with van der Waals surface area (Å²) in [6, 6.07) is 5.45. The van der Waals surface area contributed by atoms with Crippen LogP contribution in [0.2, 0.25) is 0 Å². The number of ether oxygens (including phenoxy) is 2. The summed E-state index contributed by atoms with van der Waals surface area (Å²) in [5.74, 6) is -0.0230. The molecule has 0 radical (unpaired) electrons. The van der Waals surface area contributed by atoms with E-state index < -0.39 is 5.97 Å². The van der Waals surface area contributed by atoms with Gasteiger partial charge in [-0.15, -0.1) is 0 Å². The van der Waals surface area contributed by atoms with Gasteiger partial charge in [-0.1, -0.05) is 0 Å². The Morgan fingerprint density at radius 1 is 1.44 bits per heavy atom. The van der Waals surface area contributed by atoms with Gasteiger partial charge in [-0.25, -0.2) is 0 Å². The topological polar surface area (TPSA) is 64.6 Å². The number of nitrogens with one attached hydrogen (secondary N) is 1. The monoisotopic (exact) mass is 249 g/mol. The molecular formula is C13H15NO4. The van der Waals surface area contributed by atoms with Crippen molar-refractivity contribution >= 4 is 17.6 Å². The van der Waals surface area contributed by atoms with Crippen LogP contribution in [-0.4, -0.2) is 25.1 Å². The van der Waals surface area contributed by atoms with Gasteiger partial charge in [0.15, 0.2) is 0 Å². The largest absolute Gasteiger partial charge is 0.493 e. The van der Waals surface area contributed by atoms with Crippen molar-refractivity contribution in [1.82, 2.24) is 0 Å². The van der Waals surface area contributed by atoms with Crippen LogP contribution in [0.3, 0.4) is 0 Å². The van der Waals surface area contributed by atoms with Gasteiger partial charge in [-0.3, -0.25) is 9.59 Å². The second-order valence-electron chi connectivity index (χ2n) is 3.95. The number of amides is 1. The molecule has 2 rings (SSSR count). The van der Waals surface area contributed by atoms with Crippen molar-refractivity contribution in [3.63, 3.8) is 0 Å². The summed E-state index contributed by atoms with van der Waals surface area (Å²) in [6.45, 7) is 2.66. The Hall–Kier alpha value is -2.04. The maximum atomic E-state index is 11.6. The molecule has 18 heavy (non-hydrogen) atoms. The number of hydrogen-bond donors (Lipinski definition) is 1. The Labute approximate surface area is 105 Å². The van der Waals surface area contributed by atoms with Gasteiger partial charge in [0, 0.05) is 12.1 Å². The van der Waals surface area contributed by atoms with E-state index in [1.54, 1.807) is 13.0 Å². The molecule has 0 aromatic heterocycles. The lowest BCUT2D eigenvalue weighted by atomic mass is 10.1. The van der Waals surface area contributed by atoms with Crippen LogP contribution in [0.5, 0.6) is 5.75 Å². The molecular weight excluding hydrogens is 234 g/mol. The van der Waals surface area contributed by atoms with Crippen molar-refractivity contribution in [1.29, 1.82) is 0 Å². The summed E-state index contributed by atoms with van der Waals surface area (Å²) in [6.07, 6.45) is 0.582. The molecule has 0 atom stereocenters. The zero-order chi connectivity index (χ0) is 13.0. The highest BCUT2D eigenvalue weighted by Gasteiger charge is 2.14. The summed E-state index contributed by atoms with van der Waals surface area (Å²) in [7, 11) is 0. The van der Waals surface area contributed by atoms with Crippen LogP contribution >= 0.6 is 0 Å². The molecule has 0 spiro atoms. The molecule has 0 unspecified atom stereocenters. The van der Waals surface area contributed by atoms with Gasteiger partial charge >= 0.3 is 5.97 Å². The van der Waals surface area contributed by atoms with E-state index in [2.05, 4.69) is 5.32 Å². The van der Waals surface area contributed by atoms with E-state index in [1.165, 1.54) is 0 Å². The van der Waals surface area contributed by atoms with Crippen LogP contribution in [0, 0.1) is 0 Å². The average molecular weight is 249 g/mol. The third-order valence-corrected chi connectivity index (χ3v) is 2.58. The first-order chi connectivity index (χ1) is 8.69. The molecule has 5 heteroatoms. The van der Waals surface area contributed by atoms with Gasteiger partial charge in [0.05, 0.1) is 13.2 Å². The van der Waals surface area contributed by atoms with Crippen molar-refractivity contribution in [2.45, 2.75) is 19.8 Å². The predicted molar refractivity (Wildman–Crippen MR) is 65.5 cm³/mol. The molecule has 0 bridgehead atoms. The maximum absolute atomic E-state index is 11.6. The SMILES string of the molecule is CCOC(=O)CC(=O)Nc1ccc2c(c1)CCO2. The molecule has 1 amide bonds. The van der Waals surface area contributed by atoms with Gasteiger partial charge < -0.3 is 14.8 Å². The Kier molecular flexibility index (Phi) is 3.82. The standard InChI is InChI=1S/C13H15NO4/c1-2-17-13(16)8-12(15)14-10-3-4-11-9(7-10)5-6-18-11/h3-4,7H,2,5-6,8H2,1H3,(H,14,15). The molecule has 0 aliphatic carbocycles. The average Bonchev–Trinajstić information content (AvgIpc) is 2.76. The number of rotatable bonds is 4. The molecule has 0 saturated carbocycles. The Bertz CT molecular complexity index is 470. The normalized spacial score (nSPS) is 12.5. The van der Waals surface area contributed by atoms with E-state index in [1.807, 2.05) is 12.1 Å². The zero-order valence-electron chi connectivity index (χ0n) is 10.2. The Morgan fingerprint density at radius 3 is 3.06 bits per heavy atom. The molecule has 0 fully saturated rings. The fraction of sp³-hybridized carbons (Fsp3) is 0.385. The van der Waals surface area contributed by atoms with Crippen LogP contribution in [0.25, 0.3) is 0 Å². The van der Waals surface area contributed by atoms with Crippen molar-refractivity contribution < 1.29 is 19.1 Å².